The Hall–Kier alpha value is -1.10. The summed E-state index contributed by atoms with van der Waals surface area (Å²) in [6.07, 6.45) is 0. The van der Waals surface area contributed by atoms with Crippen LogP contribution in [0.15, 0.2) is 5.38 Å². The van der Waals surface area contributed by atoms with Crippen molar-refractivity contribution in [2.45, 2.75) is 26.8 Å². The number of thiazole rings is 1. The summed E-state index contributed by atoms with van der Waals surface area (Å²) in [7, 11) is 1.40. The van der Waals surface area contributed by atoms with E-state index in [9.17, 15) is 4.79 Å². The summed E-state index contributed by atoms with van der Waals surface area (Å²) in [6.45, 7) is 6.25. The molecule has 5 heteroatoms. The predicted octanol–water partition coefficient (Wildman–Crippen LogP) is 1.84. The number of ether oxygens (including phenoxy) is 1. The second-order valence-electron chi connectivity index (χ2n) is 3.57. The molecule has 0 radical (unpaired) electrons. The molecule has 4 nitrogen and oxygen atoms in total. The van der Waals surface area contributed by atoms with Gasteiger partial charge in [0.1, 0.15) is 6.54 Å². The van der Waals surface area contributed by atoms with Gasteiger partial charge in [-0.3, -0.25) is 4.79 Å². The molecule has 0 aliphatic heterocycles. The maximum atomic E-state index is 11.2. The number of methoxy groups -OCH3 is 1. The zero-order valence-corrected chi connectivity index (χ0v) is 10.3. The van der Waals surface area contributed by atoms with Crippen LogP contribution in [0, 0.1) is 6.92 Å². The van der Waals surface area contributed by atoms with Crippen molar-refractivity contribution in [3.63, 3.8) is 0 Å². The number of nitrogens with zero attached hydrogens (tertiary/aromatic N) is 2. The zero-order valence-electron chi connectivity index (χ0n) is 9.48. The first kappa shape index (κ1) is 12.0. The second kappa shape index (κ2) is 5.11. The summed E-state index contributed by atoms with van der Waals surface area (Å²) in [5.74, 6) is -0.239. The molecule has 0 aliphatic rings. The Balaban J connectivity index is 2.79. The molecule has 0 bridgehead atoms. The van der Waals surface area contributed by atoms with Gasteiger partial charge in [-0.2, -0.15) is 0 Å². The summed E-state index contributed by atoms with van der Waals surface area (Å²) in [5, 5.41) is 2.84. The van der Waals surface area contributed by atoms with E-state index >= 15 is 0 Å². The number of hydrogen-bond donors (Lipinski definition) is 0. The lowest BCUT2D eigenvalue weighted by atomic mass is 10.3. The Kier molecular flexibility index (Phi) is 4.08. The van der Waals surface area contributed by atoms with E-state index in [2.05, 4.69) is 9.72 Å². The van der Waals surface area contributed by atoms with Crippen LogP contribution in [0.2, 0.25) is 0 Å². The molecule has 15 heavy (non-hydrogen) atoms. The lowest BCUT2D eigenvalue weighted by Gasteiger charge is -2.24. The fourth-order valence-corrected chi connectivity index (χ4v) is 2.08. The van der Waals surface area contributed by atoms with E-state index in [0.29, 0.717) is 0 Å². The van der Waals surface area contributed by atoms with Gasteiger partial charge in [-0.1, -0.05) is 0 Å². The SMILES string of the molecule is COC(=O)CN(c1nc(C)cs1)C(C)C. The highest BCUT2D eigenvalue weighted by Gasteiger charge is 2.17. The van der Waals surface area contributed by atoms with Gasteiger partial charge in [0, 0.05) is 11.4 Å². The standard InChI is InChI=1S/C10H16N2O2S/c1-7(2)12(5-9(13)14-4)10-11-8(3)6-15-10/h6-7H,5H2,1-4H3. The van der Waals surface area contributed by atoms with Gasteiger partial charge in [-0.15, -0.1) is 11.3 Å². The average molecular weight is 228 g/mol. The van der Waals surface area contributed by atoms with Crippen LogP contribution in [-0.2, 0) is 9.53 Å². The second-order valence-corrected chi connectivity index (χ2v) is 4.41. The highest BCUT2D eigenvalue weighted by molar-refractivity contribution is 7.13. The van der Waals surface area contributed by atoms with E-state index in [1.165, 1.54) is 7.11 Å². The van der Waals surface area contributed by atoms with E-state index in [1.807, 2.05) is 31.1 Å². The van der Waals surface area contributed by atoms with Crippen LogP contribution >= 0.6 is 11.3 Å². The summed E-state index contributed by atoms with van der Waals surface area (Å²) in [5.41, 5.74) is 0.977. The van der Waals surface area contributed by atoms with Crippen molar-refractivity contribution in [3.8, 4) is 0 Å². The summed E-state index contributed by atoms with van der Waals surface area (Å²) in [4.78, 5) is 17.5. The monoisotopic (exact) mass is 228 g/mol. The van der Waals surface area contributed by atoms with Gasteiger partial charge in [-0.05, 0) is 20.8 Å². The molecule has 0 fully saturated rings. The van der Waals surface area contributed by atoms with Crippen molar-refractivity contribution in [2.24, 2.45) is 0 Å². The molecule has 0 aromatic carbocycles. The van der Waals surface area contributed by atoms with Crippen LogP contribution in [0.1, 0.15) is 19.5 Å². The summed E-state index contributed by atoms with van der Waals surface area (Å²) >= 11 is 1.55. The van der Waals surface area contributed by atoms with Crippen molar-refractivity contribution in [1.82, 2.24) is 4.98 Å². The lowest BCUT2D eigenvalue weighted by molar-refractivity contribution is -0.139. The van der Waals surface area contributed by atoms with Gasteiger partial charge in [0.25, 0.3) is 0 Å². The molecule has 0 saturated heterocycles. The van der Waals surface area contributed by atoms with Crippen molar-refractivity contribution >= 4 is 22.4 Å². The molecule has 0 saturated carbocycles. The van der Waals surface area contributed by atoms with E-state index in [-0.39, 0.29) is 18.6 Å². The molecule has 1 rings (SSSR count). The molecule has 0 spiro atoms. The Bertz CT molecular complexity index is 336. The van der Waals surface area contributed by atoms with Crippen molar-refractivity contribution in [1.29, 1.82) is 0 Å². The minimum atomic E-state index is -0.239. The van der Waals surface area contributed by atoms with Gasteiger partial charge in [-0.25, -0.2) is 4.98 Å². The number of carbonyl (C=O) groups is 1. The number of anilines is 1. The Morgan fingerprint density at radius 2 is 2.33 bits per heavy atom. The van der Waals surface area contributed by atoms with Crippen molar-refractivity contribution < 1.29 is 9.53 Å². The van der Waals surface area contributed by atoms with Gasteiger partial charge >= 0.3 is 5.97 Å². The molecule has 84 valence electrons. The first-order chi connectivity index (χ1) is 7.04. The van der Waals surface area contributed by atoms with Crippen LogP contribution in [0.4, 0.5) is 5.13 Å². The lowest BCUT2D eigenvalue weighted by Crippen LogP contribution is -2.36. The van der Waals surface area contributed by atoms with E-state index in [0.717, 1.165) is 10.8 Å². The molecule has 0 unspecified atom stereocenters. The molecular formula is C10H16N2O2S. The highest BCUT2D eigenvalue weighted by atomic mass is 32.1. The van der Waals surface area contributed by atoms with Crippen LogP contribution in [-0.4, -0.2) is 30.6 Å². The highest BCUT2D eigenvalue weighted by Crippen LogP contribution is 2.21. The van der Waals surface area contributed by atoms with E-state index in [1.54, 1.807) is 11.3 Å². The van der Waals surface area contributed by atoms with E-state index < -0.39 is 0 Å². The number of hydrogen-bond acceptors (Lipinski definition) is 5. The molecule has 0 N–H and O–H groups in total. The number of esters is 1. The van der Waals surface area contributed by atoms with Crippen molar-refractivity contribution in [3.05, 3.63) is 11.1 Å². The Morgan fingerprint density at radius 1 is 1.67 bits per heavy atom. The predicted molar refractivity (Wildman–Crippen MR) is 61.3 cm³/mol. The van der Waals surface area contributed by atoms with Crippen LogP contribution in [0.3, 0.4) is 0 Å². The van der Waals surface area contributed by atoms with Crippen molar-refractivity contribution in [2.75, 3.05) is 18.6 Å². The van der Waals surface area contributed by atoms with Crippen LogP contribution < -0.4 is 4.90 Å². The van der Waals surface area contributed by atoms with E-state index in [4.69, 9.17) is 0 Å². The maximum Gasteiger partial charge on any atom is 0.325 e. The summed E-state index contributed by atoms with van der Waals surface area (Å²) in [6, 6.07) is 0.231. The van der Waals surface area contributed by atoms with Gasteiger partial charge in [0.2, 0.25) is 0 Å². The minimum Gasteiger partial charge on any atom is -0.468 e. The maximum absolute atomic E-state index is 11.2. The van der Waals surface area contributed by atoms with Gasteiger partial charge in [0.05, 0.1) is 12.8 Å². The molecule has 0 atom stereocenters. The van der Waals surface area contributed by atoms with Crippen LogP contribution in [0.5, 0.6) is 0 Å². The average Bonchev–Trinajstić information content (AvgIpc) is 2.60. The molecule has 1 heterocycles. The minimum absolute atomic E-state index is 0.231. The normalized spacial score (nSPS) is 10.5. The molecular weight excluding hydrogens is 212 g/mol. The number of carbonyl (C=O) groups excluding carboxylic acids is 1. The quantitative estimate of drug-likeness (QED) is 0.737. The van der Waals surface area contributed by atoms with Gasteiger partial charge < -0.3 is 9.64 Å². The van der Waals surface area contributed by atoms with Gasteiger partial charge in [0.15, 0.2) is 5.13 Å². The Morgan fingerprint density at radius 3 is 2.73 bits per heavy atom. The first-order valence-corrected chi connectivity index (χ1v) is 5.68. The Labute approximate surface area is 93.9 Å². The first-order valence-electron chi connectivity index (χ1n) is 4.80. The fraction of sp³-hybridized carbons (Fsp3) is 0.600. The molecule has 0 amide bonds. The largest absolute Gasteiger partial charge is 0.468 e. The topological polar surface area (TPSA) is 42.4 Å². The third kappa shape index (κ3) is 3.20. The number of aromatic nitrogens is 1. The molecule has 1 aromatic rings. The third-order valence-corrected chi connectivity index (χ3v) is 3.00. The smallest absolute Gasteiger partial charge is 0.325 e. The summed E-state index contributed by atoms with van der Waals surface area (Å²) < 4.78 is 4.66. The zero-order chi connectivity index (χ0) is 11.4. The number of aryl methyl sites for hydroxylation is 1. The van der Waals surface area contributed by atoms with Crippen LogP contribution in [0.25, 0.3) is 0 Å². The molecule has 0 aliphatic carbocycles. The fourth-order valence-electron chi connectivity index (χ4n) is 1.15. The number of rotatable bonds is 4. The molecule has 1 aromatic heterocycles. The third-order valence-electron chi connectivity index (χ3n) is 2.00.